The summed E-state index contributed by atoms with van der Waals surface area (Å²) >= 11 is 0. The molecule has 1 aliphatic carbocycles. The van der Waals surface area contributed by atoms with Crippen molar-refractivity contribution in [3.63, 3.8) is 0 Å². The van der Waals surface area contributed by atoms with E-state index in [0.717, 1.165) is 24.7 Å². The lowest BCUT2D eigenvalue weighted by Crippen LogP contribution is -2.55. The predicted octanol–water partition coefficient (Wildman–Crippen LogP) is 2.62. The normalized spacial score (nSPS) is 25.1. The molecule has 1 saturated carbocycles. The smallest absolute Gasteiger partial charge is 0.0991 e. The van der Waals surface area contributed by atoms with E-state index >= 15 is 0 Å². The van der Waals surface area contributed by atoms with E-state index < -0.39 is 0 Å². The number of benzene rings is 1. The third-order valence-electron chi connectivity index (χ3n) is 4.86. The van der Waals surface area contributed by atoms with Gasteiger partial charge in [0, 0.05) is 38.3 Å². The third-order valence-corrected chi connectivity index (χ3v) is 4.86. The fourth-order valence-electron chi connectivity index (χ4n) is 3.26. The quantitative estimate of drug-likeness (QED) is 0.845. The molecule has 1 aromatic carbocycles. The van der Waals surface area contributed by atoms with Gasteiger partial charge in [-0.2, -0.15) is 5.26 Å². The standard InChI is InChI=1S/C17H23N3/c1-14-12-20(17-3-2-4-17)10-9-19(14)13-16-7-5-15(11-18)6-8-16/h5-8,14,17H,2-4,9-10,12-13H2,1H3. The third kappa shape index (κ3) is 2.87. The SMILES string of the molecule is CC1CN(C2CCC2)CCN1Cc1ccc(C#N)cc1. The first kappa shape index (κ1) is 13.6. The molecule has 1 saturated heterocycles. The lowest BCUT2D eigenvalue weighted by Gasteiger charge is -2.46. The lowest BCUT2D eigenvalue weighted by atomic mass is 9.90. The van der Waals surface area contributed by atoms with Crippen LogP contribution in [0.4, 0.5) is 0 Å². The molecular formula is C17H23N3. The van der Waals surface area contributed by atoms with Crippen LogP contribution in [0.1, 0.15) is 37.3 Å². The zero-order valence-corrected chi connectivity index (χ0v) is 12.3. The van der Waals surface area contributed by atoms with Crippen LogP contribution in [0, 0.1) is 11.3 Å². The molecular weight excluding hydrogens is 246 g/mol. The highest BCUT2D eigenvalue weighted by molar-refractivity contribution is 5.31. The minimum Gasteiger partial charge on any atom is -0.298 e. The van der Waals surface area contributed by atoms with Gasteiger partial charge in [-0.3, -0.25) is 9.80 Å². The Kier molecular flexibility index (Phi) is 4.05. The molecule has 0 N–H and O–H groups in total. The second-order valence-electron chi connectivity index (χ2n) is 6.21. The molecule has 0 radical (unpaired) electrons. The average Bonchev–Trinajstić information content (AvgIpc) is 2.41. The van der Waals surface area contributed by atoms with Crippen LogP contribution in [-0.4, -0.2) is 41.5 Å². The summed E-state index contributed by atoms with van der Waals surface area (Å²) in [6.07, 6.45) is 4.23. The summed E-state index contributed by atoms with van der Waals surface area (Å²) in [5, 5.41) is 8.84. The van der Waals surface area contributed by atoms with Gasteiger partial charge in [0.2, 0.25) is 0 Å². The Labute approximate surface area is 121 Å². The number of nitriles is 1. The first-order valence-electron chi connectivity index (χ1n) is 7.73. The van der Waals surface area contributed by atoms with Gasteiger partial charge in [0.15, 0.2) is 0 Å². The Morgan fingerprint density at radius 1 is 1.20 bits per heavy atom. The molecule has 106 valence electrons. The lowest BCUT2D eigenvalue weighted by molar-refractivity contribution is 0.0261. The van der Waals surface area contributed by atoms with Crippen molar-refractivity contribution in [1.29, 1.82) is 5.26 Å². The van der Waals surface area contributed by atoms with E-state index in [0.29, 0.717) is 6.04 Å². The highest BCUT2D eigenvalue weighted by Crippen LogP contribution is 2.27. The minimum absolute atomic E-state index is 0.625. The monoisotopic (exact) mass is 269 g/mol. The maximum absolute atomic E-state index is 8.84. The van der Waals surface area contributed by atoms with E-state index in [9.17, 15) is 0 Å². The Morgan fingerprint density at radius 3 is 2.50 bits per heavy atom. The molecule has 0 aromatic heterocycles. The number of piperazine rings is 1. The molecule has 1 heterocycles. The Balaban J connectivity index is 1.56. The van der Waals surface area contributed by atoms with Crippen LogP contribution in [0.2, 0.25) is 0 Å². The van der Waals surface area contributed by atoms with Crippen LogP contribution in [-0.2, 0) is 6.54 Å². The number of rotatable bonds is 3. The fraction of sp³-hybridized carbons (Fsp3) is 0.588. The molecule has 1 aromatic rings. The van der Waals surface area contributed by atoms with E-state index in [1.54, 1.807) is 0 Å². The highest BCUT2D eigenvalue weighted by Gasteiger charge is 2.31. The summed E-state index contributed by atoms with van der Waals surface area (Å²) < 4.78 is 0. The molecule has 3 rings (SSSR count). The first-order valence-corrected chi connectivity index (χ1v) is 7.73. The summed E-state index contributed by atoms with van der Waals surface area (Å²) in [7, 11) is 0. The molecule has 1 atom stereocenters. The highest BCUT2D eigenvalue weighted by atomic mass is 15.3. The number of nitrogens with zero attached hydrogens (tertiary/aromatic N) is 3. The minimum atomic E-state index is 0.625. The topological polar surface area (TPSA) is 30.3 Å². The second-order valence-corrected chi connectivity index (χ2v) is 6.21. The fourth-order valence-corrected chi connectivity index (χ4v) is 3.26. The van der Waals surface area contributed by atoms with Crippen LogP contribution in [0.25, 0.3) is 0 Å². The Morgan fingerprint density at radius 2 is 1.95 bits per heavy atom. The molecule has 1 aliphatic heterocycles. The summed E-state index contributed by atoms with van der Waals surface area (Å²) in [5.74, 6) is 0. The van der Waals surface area contributed by atoms with Crippen molar-refractivity contribution in [1.82, 2.24) is 9.80 Å². The predicted molar refractivity (Wildman–Crippen MR) is 80.2 cm³/mol. The van der Waals surface area contributed by atoms with Crippen LogP contribution in [0.15, 0.2) is 24.3 Å². The van der Waals surface area contributed by atoms with Gasteiger partial charge in [-0.25, -0.2) is 0 Å². The molecule has 0 spiro atoms. The zero-order valence-electron chi connectivity index (χ0n) is 12.3. The second kappa shape index (κ2) is 5.95. The van der Waals surface area contributed by atoms with Crippen molar-refractivity contribution in [2.75, 3.05) is 19.6 Å². The Hall–Kier alpha value is -1.37. The first-order chi connectivity index (χ1) is 9.76. The largest absolute Gasteiger partial charge is 0.298 e. The summed E-state index contributed by atoms with van der Waals surface area (Å²) in [4.78, 5) is 5.25. The van der Waals surface area contributed by atoms with Crippen molar-refractivity contribution < 1.29 is 0 Å². The molecule has 1 unspecified atom stereocenters. The maximum Gasteiger partial charge on any atom is 0.0991 e. The molecule has 0 amide bonds. The van der Waals surface area contributed by atoms with E-state index in [2.05, 4.69) is 34.9 Å². The van der Waals surface area contributed by atoms with Gasteiger partial charge in [0.25, 0.3) is 0 Å². The van der Waals surface area contributed by atoms with Crippen molar-refractivity contribution in [3.8, 4) is 6.07 Å². The van der Waals surface area contributed by atoms with Gasteiger partial charge in [-0.1, -0.05) is 18.6 Å². The summed E-state index contributed by atoms with van der Waals surface area (Å²) in [6, 6.07) is 11.7. The van der Waals surface area contributed by atoms with Crippen molar-refractivity contribution >= 4 is 0 Å². The number of hydrogen-bond acceptors (Lipinski definition) is 3. The molecule has 3 heteroatoms. The van der Waals surface area contributed by atoms with Crippen molar-refractivity contribution in [2.45, 2.75) is 44.8 Å². The summed E-state index contributed by atoms with van der Waals surface area (Å²) in [6.45, 7) is 6.93. The molecule has 3 nitrogen and oxygen atoms in total. The molecule has 2 fully saturated rings. The van der Waals surface area contributed by atoms with Gasteiger partial charge in [-0.05, 0) is 37.5 Å². The van der Waals surface area contributed by atoms with Gasteiger partial charge in [0.05, 0.1) is 11.6 Å². The van der Waals surface area contributed by atoms with E-state index in [1.165, 1.54) is 37.9 Å². The van der Waals surface area contributed by atoms with Crippen LogP contribution in [0.3, 0.4) is 0 Å². The van der Waals surface area contributed by atoms with E-state index in [4.69, 9.17) is 5.26 Å². The van der Waals surface area contributed by atoms with Crippen LogP contribution < -0.4 is 0 Å². The van der Waals surface area contributed by atoms with Gasteiger partial charge < -0.3 is 0 Å². The van der Waals surface area contributed by atoms with Crippen LogP contribution in [0.5, 0.6) is 0 Å². The number of hydrogen-bond donors (Lipinski definition) is 0. The summed E-state index contributed by atoms with van der Waals surface area (Å²) in [5.41, 5.74) is 2.06. The van der Waals surface area contributed by atoms with Crippen molar-refractivity contribution in [2.24, 2.45) is 0 Å². The van der Waals surface area contributed by atoms with Crippen LogP contribution >= 0.6 is 0 Å². The van der Waals surface area contributed by atoms with Crippen molar-refractivity contribution in [3.05, 3.63) is 35.4 Å². The van der Waals surface area contributed by atoms with E-state index in [-0.39, 0.29) is 0 Å². The molecule has 2 aliphatic rings. The van der Waals surface area contributed by atoms with Gasteiger partial charge >= 0.3 is 0 Å². The van der Waals surface area contributed by atoms with Gasteiger partial charge in [0.1, 0.15) is 0 Å². The maximum atomic E-state index is 8.84. The molecule has 0 bridgehead atoms. The zero-order chi connectivity index (χ0) is 13.9. The van der Waals surface area contributed by atoms with E-state index in [1.807, 2.05) is 12.1 Å². The average molecular weight is 269 g/mol. The van der Waals surface area contributed by atoms with Gasteiger partial charge in [-0.15, -0.1) is 0 Å². The molecule has 20 heavy (non-hydrogen) atoms. The Bertz CT molecular complexity index is 484.